The number of carbonyl (C=O) groups is 4. The van der Waals surface area contributed by atoms with Gasteiger partial charge in [0.25, 0.3) is 23.1 Å². The maximum Gasteiger partial charge on any atom is 0.271 e. The van der Waals surface area contributed by atoms with Crippen LogP contribution < -0.4 is 0 Å². The summed E-state index contributed by atoms with van der Waals surface area (Å²) < 4.78 is 19.2. The molecule has 0 fully saturated rings. The predicted molar refractivity (Wildman–Crippen MR) is 92.2 cm³/mol. The van der Waals surface area contributed by atoms with Gasteiger partial charge in [-0.05, 0) is 48.5 Å². The molecule has 4 aromatic rings. The lowest BCUT2D eigenvalue weighted by Gasteiger charge is -1.91. The first-order valence-corrected chi connectivity index (χ1v) is 7.90. The van der Waals surface area contributed by atoms with Crippen molar-refractivity contribution in [3.63, 3.8) is 0 Å². The van der Waals surface area contributed by atoms with E-state index < -0.39 is 23.1 Å². The molecule has 8 heteroatoms. The zero-order valence-electron chi connectivity index (χ0n) is 14.2. The molecule has 0 saturated carbocycles. The molecular formula is C20H12O8. The molecule has 0 aliphatic heterocycles. The largest absolute Gasteiger partial charge is 0.461 e. The lowest BCUT2D eigenvalue weighted by Crippen LogP contribution is -2.12. The minimum atomic E-state index is -0.704. The van der Waals surface area contributed by atoms with Crippen LogP contribution in [0.25, 0.3) is 0 Å². The summed E-state index contributed by atoms with van der Waals surface area (Å²) in [6, 6.07) is 11.9. The van der Waals surface area contributed by atoms with Crippen molar-refractivity contribution in [2.24, 2.45) is 0 Å². The molecule has 0 aliphatic rings. The number of furan rings is 4. The Morgan fingerprint density at radius 1 is 0.429 bits per heavy atom. The Kier molecular flexibility index (Phi) is 5.61. The summed E-state index contributed by atoms with van der Waals surface area (Å²) >= 11 is 0. The van der Waals surface area contributed by atoms with Gasteiger partial charge in [-0.15, -0.1) is 0 Å². The van der Waals surface area contributed by atoms with Gasteiger partial charge in [-0.25, -0.2) is 0 Å². The van der Waals surface area contributed by atoms with Crippen molar-refractivity contribution in [2.75, 3.05) is 0 Å². The molecule has 0 unspecified atom stereocenters. The van der Waals surface area contributed by atoms with Crippen LogP contribution in [0.1, 0.15) is 42.2 Å². The van der Waals surface area contributed by atoms with Gasteiger partial charge in [0.1, 0.15) is 0 Å². The van der Waals surface area contributed by atoms with Gasteiger partial charge in [0.05, 0.1) is 25.1 Å². The first kappa shape index (κ1) is 18.6. The highest BCUT2D eigenvalue weighted by Gasteiger charge is 2.23. The average Bonchev–Trinajstić information content (AvgIpc) is 3.54. The number of rotatable bonds is 6. The zero-order valence-corrected chi connectivity index (χ0v) is 14.2. The Hall–Kier alpha value is -4.20. The molecule has 4 aromatic heterocycles. The molecule has 0 atom stereocenters. The minimum absolute atomic E-state index is 0.0198. The number of carbonyl (C=O) groups excluding carboxylic acids is 4. The smallest absolute Gasteiger partial charge is 0.271 e. The van der Waals surface area contributed by atoms with Crippen LogP contribution >= 0.6 is 0 Å². The summed E-state index contributed by atoms with van der Waals surface area (Å²) in [7, 11) is 0. The molecule has 0 aliphatic carbocycles. The maximum atomic E-state index is 11.4. The van der Waals surface area contributed by atoms with Crippen molar-refractivity contribution in [3.8, 4) is 0 Å². The molecule has 0 amide bonds. The highest BCUT2D eigenvalue weighted by Crippen LogP contribution is 2.09. The molecule has 140 valence electrons. The number of hydrogen-bond acceptors (Lipinski definition) is 8. The van der Waals surface area contributed by atoms with Gasteiger partial charge in [0, 0.05) is 0 Å². The van der Waals surface area contributed by atoms with E-state index >= 15 is 0 Å². The monoisotopic (exact) mass is 380 g/mol. The Morgan fingerprint density at radius 2 is 0.643 bits per heavy atom. The van der Waals surface area contributed by atoms with Crippen LogP contribution in [0.2, 0.25) is 0 Å². The third kappa shape index (κ3) is 4.13. The average molecular weight is 380 g/mol. The Bertz CT molecular complexity index is 873. The highest BCUT2D eigenvalue weighted by atomic mass is 16.4. The Balaban J connectivity index is 0.000000161. The summed E-state index contributed by atoms with van der Waals surface area (Å²) in [6.45, 7) is 0. The van der Waals surface area contributed by atoms with Crippen LogP contribution in [-0.2, 0) is 0 Å². The van der Waals surface area contributed by atoms with Crippen LogP contribution in [0, 0.1) is 0 Å². The molecule has 0 bridgehead atoms. The molecule has 28 heavy (non-hydrogen) atoms. The lowest BCUT2D eigenvalue weighted by atomic mass is 10.2. The minimum Gasteiger partial charge on any atom is -0.461 e. The molecule has 0 N–H and O–H groups in total. The van der Waals surface area contributed by atoms with Gasteiger partial charge < -0.3 is 17.7 Å². The Labute approximate surface area is 157 Å². The second kappa shape index (κ2) is 8.45. The van der Waals surface area contributed by atoms with E-state index in [0.29, 0.717) is 0 Å². The second-order valence-electron chi connectivity index (χ2n) is 5.23. The van der Waals surface area contributed by atoms with Crippen LogP contribution in [0.15, 0.2) is 91.3 Å². The van der Waals surface area contributed by atoms with Crippen LogP contribution in [0.3, 0.4) is 0 Å². The zero-order chi connectivity index (χ0) is 19.9. The SMILES string of the molecule is O=C(C(=O)c1ccco1)c1ccco1.O=C(C(=O)c1ccco1)c1ccco1. The van der Waals surface area contributed by atoms with Crippen molar-refractivity contribution < 1.29 is 36.8 Å². The summed E-state index contributed by atoms with van der Waals surface area (Å²) in [5.74, 6) is -2.74. The first-order chi connectivity index (χ1) is 13.6. The maximum absolute atomic E-state index is 11.4. The predicted octanol–water partition coefficient (Wildman–Crippen LogP) is 3.88. The van der Waals surface area contributed by atoms with Gasteiger partial charge in [-0.3, -0.25) is 19.2 Å². The van der Waals surface area contributed by atoms with E-state index in [4.69, 9.17) is 17.7 Å². The summed E-state index contributed by atoms with van der Waals surface area (Å²) in [5, 5.41) is 0. The quantitative estimate of drug-likeness (QED) is 0.365. The molecule has 4 heterocycles. The van der Waals surface area contributed by atoms with Gasteiger partial charge in [-0.2, -0.15) is 0 Å². The van der Waals surface area contributed by atoms with Gasteiger partial charge in [0.15, 0.2) is 23.0 Å². The van der Waals surface area contributed by atoms with Crippen molar-refractivity contribution in [1.29, 1.82) is 0 Å². The normalized spacial score (nSPS) is 10.0. The fraction of sp³-hybridized carbons (Fsp3) is 0. The van der Waals surface area contributed by atoms with E-state index in [2.05, 4.69) is 0 Å². The number of Topliss-reactive ketones (excluding diaryl/α,β-unsaturated/α-hetero) is 4. The Morgan fingerprint density at radius 3 is 0.786 bits per heavy atom. The lowest BCUT2D eigenvalue weighted by molar-refractivity contribution is 0.0785. The molecular weight excluding hydrogens is 368 g/mol. The second-order valence-corrected chi connectivity index (χ2v) is 5.23. The van der Waals surface area contributed by atoms with Crippen LogP contribution in [0.5, 0.6) is 0 Å². The summed E-state index contributed by atoms with van der Waals surface area (Å²) in [4.78, 5) is 45.6. The van der Waals surface area contributed by atoms with E-state index in [0.717, 1.165) is 0 Å². The molecule has 4 rings (SSSR count). The standard InChI is InChI=1S/2C10H6O4/c2*11-9(7-3-1-5-13-7)10(12)8-4-2-6-14-8/h2*1-6H. The van der Waals surface area contributed by atoms with Crippen molar-refractivity contribution in [2.45, 2.75) is 0 Å². The molecule has 0 radical (unpaired) electrons. The molecule has 8 nitrogen and oxygen atoms in total. The third-order valence-electron chi connectivity index (χ3n) is 3.39. The first-order valence-electron chi connectivity index (χ1n) is 7.90. The summed E-state index contributed by atoms with van der Waals surface area (Å²) in [6.07, 6.45) is 5.34. The number of hydrogen-bond donors (Lipinski definition) is 0. The number of ketones is 4. The molecule has 0 spiro atoms. The van der Waals surface area contributed by atoms with Crippen molar-refractivity contribution in [3.05, 3.63) is 96.6 Å². The topological polar surface area (TPSA) is 121 Å². The van der Waals surface area contributed by atoms with Crippen molar-refractivity contribution >= 4 is 23.1 Å². The van der Waals surface area contributed by atoms with Crippen molar-refractivity contribution in [1.82, 2.24) is 0 Å². The van der Waals surface area contributed by atoms with Crippen LogP contribution in [0.4, 0.5) is 0 Å². The third-order valence-corrected chi connectivity index (χ3v) is 3.39. The van der Waals surface area contributed by atoms with Crippen LogP contribution in [-0.4, -0.2) is 23.1 Å². The van der Waals surface area contributed by atoms with E-state index in [1.807, 2.05) is 0 Å². The fourth-order valence-corrected chi connectivity index (χ4v) is 2.08. The van der Waals surface area contributed by atoms with Gasteiger partial charge in [0.2, 0.25) is 0 Å². The molecule has 0 aromatic carbocycles. The summed E-state index contributed by atoms with van der Waals surface area (Å²) in [5.41, 5.74) is 0. The van der Waals surface area contributed by atoms with E-state index in [1.165, 1.54) is 49.3 Å². The van der Waals surface area contributed by atoms with E-state index in [9.17, 15) is 19.2 Å². The van der Waals surface area contributed by atoms with Gasteiger partial charge >= 0.3 is 0 Å². The van der Waals surface area contributed by atoms with E-state index in [-0.39, 0.29) is 23.0 Å². The highest BCUT2D eigenvalue weighted by molar-refractivity contribution is 6.48. The van der Waals surface area contributed by atoms with E-state index in [1.54, 1.807) is 24.3 Å². The van der Waals surface area contributed by atoms with Gasteiger partial charge in [-0.1, -0.05) is 0 Å². The fourth-order valence-electron chi connectivity index (χ4n) is 2.08. The molecule has 0 saturated heterocycles.